The molecule has 102 valence electrons. The molecule has 6 heteroatoms. The second-order valence-electron chi connectivity index (χ2n) is 5.04. The molecule has 0 bridgehead atoms. The maximum Gasteiger partial charge on any atom is 0.136 e. The van der Waals surface area contributed by atoms with Gasteiger partial charge in [-0.1, -0.05) is 0 Å². The van der Waals surface area contributed by atoms with Gasteiger partial charge in [-0.15, -0.1) is 0 Å². The zero-order valence-corrected chi connectivity index (χ0v) is 11.5. The average molecular weight is 260 g/mol. The van der Waals surface area contributed by atoms with Gasteiger partial charge in [-0.3, -0.25) is 0 Å². The number of rotatable bonds is 6. The van der Waals surface area contributed by atoms with Crippen LogP contribution in [-0.2, 0) is 0 Å². The van der Waals surface area contributed by atoms with E-state index in [0.717, 1.165) is 24.0 Å². The Morgan fingerprint density at radius 2 is 2.05 bits per heavy atom. The van der Waals surface area contributed by atoms with Crippen molar-refractivity contribution in [3.63, 3.8) is 0 Å². The lowest BCUT2D eigenvalue weighted by Crippen LogP contribution is -2.40. The predicted molar refractivity (Wildman–Crippen MR) is 77.7 cm³/mol. The average Bonchev–Trinajstić information content (AvgIpc) is 2.81. The van der Waals surface area contributed by atoms with Gasteiger partial charge in [0.2, 0.25) is 0 Å². The van der Waals surface area contributed by atoms with Gasteiger partial charge in [0.15, 0.2) is 0 Å². The molecule has 0 radical (unpaired) electrons. The molecule has 0 amide bonds. The number of hydrogen-bond donors (Lipinski definition) is 4. The minimum absolute atomic E-state index is 0.0766. The molecule has 2 rings (SSSR count). The highest BCUT2D eigenvalue weighted by atomic mass is 15.1. The first-order chi connectivity index (χ1) is 9.09. The molecule has 2 aromatic heterocycles. The number of anilines is 3. The van der Waals surface area contributed by atoms with Crippen LogP contribution in [0.4, 0.5) is 17.5 Å². The molecule has 0 aromatic carbocycles. The molecule has 0 saturated carbocycles. The predicted octanol–water partition coefficient (Wildman–Crippen LogP) is 1.96. The summed E-state index contributed by atoms with van der Waals surface area (Å²) < 4.78 is 0. The second-order valence-corrected chi connectivity index (χ2v) is 5.04. The molecule has 0 atom stereocenters. The van der Waals surface area contributed by atoms with Crippen molar-refractivity contribution in [1.82, 2.24) is 20.3 Å². The Morgan fingerprint density at radius 1 is 1.26 bits per heavy atom. The zero-order valence-electron chi connectivity index (χ0n) is 11.5. The van der Waals surface area contributed by atoms with Gasteiger partial charge < -0.3 is 20.9 Å². The van der Waals surface area contributed by atoms with Crippen LogP contribution in [0.15, 0.2) is 30.7 Å². The van der Waals surface area contributed by atoms with Gasteiger partial charge in [-0.05, 0) is 33.0 Å². The van der Waals surface area contributed by atoms with E-state index in [9.17, 15) is 0 Å². The SMILES string of the molecule is CNCC(C)(C)Nc1cc(Nc2ccc[nH]2)ncn1. The van der Waals surface area contributed by atoms with Crippen LogP contribution in [0.2, 0.25) is 0 Å². The van der Waals surface area contributed by atoms with E-state index >= 15 is 0 Å². The molecular weight excluding hydrogens is 240 g/mol. The van der Waals surface area contributed by atoms with Crippen LogP contribution < -0.4 is 16.0 Å². The molecule has 0 aliphatic rings. The lowest BCUT2D eigenvalue weighted by molar-refractivity contribution is 0.528. The second kappa shape index (κ2) is 5.71. The lowest BCUT2D eigenvalue weighted by Gasteiger charge is -2.26. The normalized spacial score (nSPS) is 11.3. The lowest BCUT2D eigenvalue weighted by atomic mass is 10.1. The number of nitrogens with one attached hydrogen (secondary N) is 4. The smallest absolute Gasteiger partial charge is 0.136 e. The summed E-state index contributed by atoms with van der Waals surface area (Å²) in [5, 5.41) is 9.71. The van der Waals surface area contributed by atoms with E-state index in [0.29, 0.717) is 0 Å². The molecule has 0 spiro atoms. The van der Waals surface area contributed by atoms with Crippen molar-refractivity contribution in [3.05, 3.63) is 30.7 Å². The summed E-state index contributed by atoms with van der Waals surface area (Å²) in [7, 11) is 1.93. The van der Waals surface area contributed by atoms with Crippen LogP contribution in [0.5, 0.6) is 0 Å². The van der Waals surface area contributed by atoms with Crippen molar-refractivity contribution in [2.24, 2.45) is 0 Å². The van der Waals surface area contributed by atoms with Gasteiger partial charge in [0.1, 0.15) is 23.8 Å². The van der Waals surface area contributed by atoms with E-state index in [4.69, 9.17) is 0 Å². The van der Waals surface area contributed by atoms with Gasteiger partial charge in [0.05, 0.1) is 0 Å². The number of nitrogens with zero attached hydrogens (tertiary/aromatic N) is 2. The summed E-state index contributed by atoms with van der Waals surface area (Å²) in [5.74, 6) is 2.45. The molecule has 0 aliphatic carbocycles. The third-order valence-electron chi connectivity index (χ3n) is 2.61. The molecule has 2 aromatic rings. The van der Waals surface area contributed by atoms with E-state index in [1.807, 2.05) is 31.4 Å². The fourth-order valence-electron chi connectivity index (χ4n) is 1.87. The first kappa shape index (κ1) is 13.4. The van der Waals surface area contributed by atoms with Crippen molar-refractivity contribution < 1.29 is 0 Å². The summed E-state index contributed by atoms with van der Waals surface area (Å²) in [5.41, 5.74) is -0.0766. The van der Waals surface area contributed by atoms with Crippen molar-refractivity contribution in [2.75, 3.05) is 24.2 Å². The summed E-state index contributed by atoms with van der Waals surface area (Å²) in [4.78, 5) is 11.5. The van der Waals surface area contributed by atoms with E-state index in [1.54, 1.807) is 6.33 Å². The first-order valence-corrected chi connectivity index (χ1v) is 6.24. The topological polar surface area (TPSA) is 77.7 Å². The molecule has 0 unspecified atom stereocenters. The molecule has 0 saturated heterocycles. The standard InChI is InChI=1S/C13H20N6/c1-13(2,8-14-3)19-12-7-11(16-9-17-12)18-10-5-4-6-15-10/h4-7,9,14-15H,8H2,1-3H3,(H2,16,17,18,19). The van der Waals surface area contributed by atoms with Crippen LogP contribution in [0.3, 0.4) is 0 Å². The number of hydrogen-bond acceptors (Lipinski definition) is 5. The van der Waals surface area contributed by atoms with Gasteiger partial charge >= 0.3 is 0 Å². The Balaban J connectivity index is 2.07. The van der Waals surface area contributed by atoms with Crippen molar-refractivity contribution in [2.45, 2.75) is 19.4 Å². The fourth-order valence-corrected chi connectivity index (χ4v) is 1.87. The largest absolute Gasteiger partial charge is 0.364 e. The minimum atomic E-state index is -0.0766. The van der Waals surface area contributed by atoms with Crippen LogP contribution in [0.25, 0.3) is 0 Å². The Morgan fingerprint density at radius 3 is 2.74 bits per heavy atom. The Labute approximate surface area is 113 Å². The summed E-state index contributed by atoms with van der Waals surface area (Å²) in [6.45, 7) is 5.07. The van der Waals surface area contributed by atoms with Crippen molar-refractivity contribution >= 4 is 17.5 Å². The fraction of sp³-hybridized carbons (Fsp3) is 0.385. The molecule has 0 aliphatic heterocycles. The van der Waals surface area contributed by atoms with Gasteiger partial charge in [-0.2, -0.15) is 0 Å². The highest BCUT2D eigenvalue weighted by molar-refractivity contribution is 5.56. The van der Waals surface area contributed by atoms with Crippen LogP contribution in [0, 0.1) is 0 Å². The number of aromatic amines is 1. The summed E-state index contributed by atoms with van der Waals surface area (Å²) >= 11 is 0. The maximum absolute atomic E-state index is 4.24. The Bertz CT molecular complexity index is 506. The van der Waals surface area contributed by atoms with Crippen molar-refractivity contribution in [3.8, 4) is 0 Å². The molecule has 0 fully saturated rings. The van der Waals surface area contributed by atoms with Gasteiger partial charge in [0.25, 0.3) is 0 Å². The third kappa shape index (κ3) is 3.96. The maximum atomic E-state index is 4.24. The first-order valence-electron chi connectivity index (χ1n) is 6.24. The zero-order chi connectivity index (χ0) is 13.7. The van der Waals surface area contributed by atoms with Crippen molar-refractivity contribution in [1.29, 1.82) is 0 Å². The van der Waals surface area contributed by atoms with E-state index in [1.165, 1.54) is 0 Å². The molecule has 6 nitrogen and oxygen atoms in total. The number of likely N-dealkylation sites (N-methyl/N-ethyl adjacent to an activating group) is 1. The highest BCUT2D eigenvalue weighted by Crippen LogP contribution is 2.17. The van der Waals surface area contributed by atoms with E-state index < -0.39 is 0 Å². The van der Waals surface area contributed by atoms with E-state index in [-0.39, 0.29) is 5.54 Å². The van der Waals surface area contributed by atoms with Gasteiger partial charge in [0, 0.05) is 24.3 Å². The van der Waals surface area contributed by atoms with Crippen LogP contribution in [0.1, 0.15) is 13.8 Å². The molecular formula is C13H20N6. The van der Waals surface area contributed by atoms with Gasteiger partial charge in [-0.25, -0.2) is 9.97 Å². The Kier molecular flexibility index (Phi) is 4.01. The van der Waals surface area contributed by atoms with Crippen LogP contribution in [-0.4, -0.2) is 34.1 Å². The summed E-state index contributed by atoms with van der Waals surface area (Å²) in [6.07, 6.45) is 3.40. The molecule has 19 heavy (non-hydrogen) atoms. The Hall–Kier alpha value is -2.08. The minimum Gasteiger partial charge on any atom is -0.364 e. The molecule has 2 heterocycles. The van der Waals surface area contributed by atoms with Crippen LogP contribution >= 0.6 is 0 Å². The highest BCUT2D eigenvalue weighted by Gasteiger charge is 2.16. The monoisotopic (exact) mass is 260 g/mol. The number of H-pyrrole nitrogens is 1. The molecule has 4 N–H and O–H groups in total. The van der Waals surface area contributed by atoms with E-state index in [2.05, 4.69) is 44.7 Å². The third-order valence-corrected chi connectivity index (χ3v) is 2.61. The quantitative estimate of drug-likeness (QED) is 0.638. The summed E-state index contributed by atoms with van der Waals surface area (Å²) in [6, 6.07) is 5.76. The number of aromatic nitrogens is 3.